The third-order valence-corrected chi connectivity index (χ3v) is 5.96. The number of fused-ring (bicyclic) bond motifs is 2. The molecule has 0 saturated heterocycles. The number of halogens is 1. The molecule has 0 aliphatic carbocycles. The van der Waals surface area contributed by atoms with Crippen molar-refractivity contribution in [2.24, 2.45) is 0 Å². The van der Waals surface area contributed by atoms with Crippen LogP contribution in [0.5, 0.6) is 0 Å². The van der Waals surface area contributed by atoms with Crippen molar-refractivity contribution in [1.82, 2.24) is 38.9 Å². The maximum absolute atomic E-state index is 11.9. The Morgan fingerprint density at radius 1 is 0.889 bits per heavy atom. The van der Waals surface area contributed by atoms with E-state index < -0.39 is 0 Å². The number of nitrogens with zero attached hydrogens (tertiary/aromatic N) is 8. The molecule has 178 valence electrons. The first kappa shape index (κ1) is 21.9. The van der Waals surface area contributed by atoms with Crippen LogP contribution in [0.2, 0.25) is 5.02 Å². The normalized spacial score (nSPS) is 11.4. The van der Waals surface area contributed by atoms with Crippen LogP contribution in [0.3, 0.4) is 0 Å². The molecule has 0 spiro atoms. The monoisotopic (exact) mass is 497 g/mol. The summed E-state index contributed by atoms with van der Waals surface area (Å²) in [6, 6.07) is 16.9. The number of aromatic nitrogens is 8. The fourth-order valence-electron chi connectivity index (χ4n) is 3.97. The molecule has 1 aromatic carbocycles. The van der Waals surface area contributed by atoms with E-state index >= 15 is 0 Å². The average molecular weight is 498 g/mol. The molecule has 0 aliphatic heterocycles. The van der Waals surface area contributed by atoms with Gasteiger partial charge in [-0.15, -0.1) is 5.10 Å². The number of nitrogens with one attached hydrogen (secondary N) is 1. The van der Waals surface area contributed by atoms with Gasteiger partial charge in [-0.25, -0.2) is 19.5 Å². The molecular weight excluding hydrogens is 478 g/mol. The zero-order valence-corrected chi connectivity index (χ0v) is 19.7. The minimum absolute atomic E-state index is 0.0169. The number of anilines is 1. The van der Waals surface area contributed by atoms with Crippen molar-refractivity contribution in [2.75, 3.05) is 5.32 Å². The third kappa shape index (κ3) is 4.53. The van der Waals surface area contributed by atoms with Crippen LogP contribution in [-0.4, -0.2) is 38.9 Å². The van der Waals surface area contributed by atoms with E-state index in [9.17, 15) is 4.79 Å². The Morgan fingerprint density at radius 3 is 2.56 bits per heavy atom. The van der Waals surface area contributed by atoms with Crippen molar-refractivity contribution < 1.29 is 0 Å². The molecule has 5 aromatic heterocycles. The zero-order valence-electron chi connectivity index (χ0n) is 19.0. The van der Waals surface area contributed by atoms with E-state index in [1.165, 1.54) is 6.33 Å². The fraction of sp³-hybridized carbons (Fsp3) is 0.120. The number of rotatable bonds is 7. The summed E-state index contributed by atoms with van der Waals surface area (Å²) in [7, 11) is 0. The van der Waals surface area contributed by atoms with Gasteiger partial charge in [0.15, 0.2) is 17.1 Å². The highest BCUT2D eigenvalue weighted by Gasteiger charge is 2.11. The Balaban J connectivity index is 1.16. The van der Waals surface area contributed by atoms with E-state index in [0.29, 0.717) is 41.9 Å². The van der Waals surface area contributed by atoms with E-state index in [1.807, 2.05) is 47.3 Å². The largest absolute Gasteiger partial charge is 0.362 e. The molecule has 6 rings (SSSR count). The Kier molecular flexibility index (Phi) is 5.62. The lowest BCUT2D eigenvalue weighted by Gasteiger charge is -2.07. The van der Waals surface area contributed by atoms with Crippen LogP contribution >= 0.6 is 11.6 Å². The van der Waals surface area contributed by atoms with Crippen molar-refractivity contribution in [3.05, 3.63) is 112 Å². The van der Waals surface area contributed by atoms with Gasteiger partial charge in [0.1, 0.15) is 12.1 Å². The van der Waals surface area contributed by atoms with Gasteiger partial charge in [-0.1, -0.05) is 41.9 Å². The molecule has 0 saturated carbocycles. The average Bonchev–Trinajstić information content (AvgIpc) is 3.48. The summed E-state index contributed by atoms with van der Waals surface area (Å²) in [6.07, 6.45) is 6.92. The number of hydrogen-bond donors (Lipinski definition) is 1. The van der Waals surface area contributed by atoms with Crippen molar-refractivity contribution in [2.45, 2.75) is 19.6 Å². The van der Waals surface area contributed by atoms with Gasteiger partial charge >= 0.3 is 0 Å². The van der Waals surface area contributed by atoms with Crippen LogP contribution in [0, 0.1) is 0 Å². The van der Waals surface area contributed by atoms with Gasteiger partial charge in [0, 0.05) is 24.7 Å². The first-order valence-corrected chi connectivity index (χ1v) is 11.6. The maximum Gasteiger partial charge on any atom is 0.250 e. The molecule has 0 radical (unpaired) electrons. The molecule has 0 fully saturated rings. The van der Waals surface area contributed by atoms with Gasteiger partial charge in [-0.2, -0.15) is 5.10 Å². The van der Waals surface area contributed by atoms with Gasteiger partial charge in [-0.3, -0.25) is 9.48 Å². The predicted molar refractivity (Wildman–Crippen MR) is 136 cm³/mol. The van der Waals surface area contributed by atoms with Crippen molar-refractivity contribution in [1.29, 1.82) is 0 Å². The molecule has 1 N–H and O–H groups in total. The Hall–Kier alpha value is -4.57. The first-order chi connectivity index (χ1) is 17.6. The summed E-state index contributed by atoms with van der Waals surface area (Å²) in [5.74, 6) is 1.28. The Morgan fingerprint density at radius 2 is 1.72 bits per heavy atom. The highest BCUT2D eigenvalue weighted by atomic mass is 35.5. The molecule has 36 heavy (non-hydrogen) atoms. The second kappa shape index (κ2) is 9.23. The third-order valence-electron chi connectivity index (χ3n) is 5.74. The standard InChI is InChI=1S/C25H20ClN9O/c26-19-8-9-22-30-21(31-35(22)14-19)11-27-24-20-15-34(32-25(20)29-16-28-24)13-18-6-4-17(5-7-18)12-33-10-2-1-3-23(33)36/h1-10,14-16H,11-13H2,(H,27,28,29,32). The van der Waals surface area contributed by atoms with E-state index in [-0.39, 0.29) is 5.56 Å². The van der Waals surface area contributed by atoms with Gasteiger partial charge in [0.25, 0.3) is 5.56 Å². The highest BCUT2D eigenvalue weighted by Crippen LogP contribution is 2.19. The number of benzene rings is 1. The minimum Gasteiger partial charge on any atom is -0.362 e. The molecule has 0 unspecified atom stereocenters. The summed E-state index contributed by atoms with van der Waals surface area (Å²) in [4.78, 5) is 25.1. The van der Waals surface area contributed by atoms with Crippen LogP contribution in [-0.2, 0) is 19.6 Å². The second-order valence-electron chi connectivity index (χ2n) is 8.30. The lowest BCUT2D eigenvalue weighted by molar-refractivity contribution is 0.692. The second-order valence-corrected chi connectivity index (χ2v) is 8.74. The topological polar surface area (TPSA) is 108 Å². The molecule has 11 heteroatoms. The van der Waals surface area contributed by atoms with E-state index in [1.54, 1.807) is 39.7 Å². The van der Waals surface area contributed by atoms with E-state index in [4.69, 9.17) is 11.6 Å². The number of pyridine rings is 2. The lowest BCUT2D eigenvalue weighted by atomic mass is 10.1. The maximum atomic E-state index is 11.9. The first-order valence-electron chi connectivity index (χ1n) is 11.3. The number of hydrogen-bond acceptors (Lipinski definition) is 7. The predicted octanol–water partition coefficient (Wildman–Crippen LogP) is 3.39. The fourth-order valence-corrected chi connectivity index (χ4v) is 4.13. The summed E-state index contributed by atoms with van der Waals surface area (Å²) < 4.78 is 5.17. The van der Waals surface area contributed by atoms with E-state index in [2.05, 4.69) is 30.5 Å². The van der Waals surface area contributed by atoms with Crippen molar-refractivity contribution >= 4 is 34.1 Å². The molecule has 5 heterocycles. The van der Waals surface area contributed by atoms with Crippen molar-refractivity contribution in [3.63, 3.8) is 0 Å². The van der Waals surface area contributed by atoms with Gasteiger partial charge in [0.2, 0.25) is 0 Å². The SMILES string of the molecule is O=c1ccccn1Cc1ccc(Cn2cc3c(NCc4nc5ccc(Cl)cn5n4)ncnc3n2)cc1. The van der Waals surface area contributed by atoms with Crippen LogP contribution < -0.4 is 10.9 Å². The Labute approximate surface area is 209 Å². The molecule has 0 atom stereocenters. The molecule has 0 aliphatic rings. The van der Waals surface area contributed by atoms with Gasteiger partial charge in [-0.05, 0) is 29.3 Å². The van der Waals surface area contributed by atoms with Crippen LogP contribution in [0.15, 0.2) is 84.3 Å². The summed E-state index contributed by atoms with van der Waals surface area (Å²) in [6.45, 7) is 1.50. The smallest absolute Gasteiger partial charge is 0.250 e. The zero-order chi connectivity index (χ0) is 24.5. The summed E-state index contributed by atoms with van der Waals surface area (Å²) in [5.41, 5.74) is 3.44. The van der Waals surface area contributed by atoms with Gasteiger partial charge < -0.3 is 9.88 Å². The van der Waals surface area contributed by atoms with E-state index in [0.717, 1.165) is 22.2 Å². The molecule has 6 aromatic rings. The molecule has 10 nitrogen and oxygen atoms in total. The van der Waals surface area contributed by atoms with Crippen LogP contribution in [0.1, 0.15) is 17.0 Å². The Bertz CT molecular complexity index is 1740. The van der Waals surface area contributed by atoms with Crippen molar-refractivity contribution in [3.8, 4) is 0 Å². The summed E-state index contributed by atoms with van der Waals surface area (Å²) in [5, 5.41) is 13.7. The summed E-state index contributed by atoms with van der Waals surface area (Å²) >= 11 is 6.03. The minimum atomic E-state index is -0.0169. The molecule has 0 bridgehead atoms. The quantitative estimate of drug-likeness (QED) is 0.360. The van der Waals surface area contributed by atoms with Crippen LogP contribution in [0.4, 0.5) is 5.82 Å². The van der Waals surface area contributed by atoms with Gasteiger partial charge in [0.05, 0.1) is 30.0 Å². The highest BCUT2D eigenvalue weighted by molar-refractivity contribution is 6.30. The van der Waals surface area contributed by atoms with Crippen LogP contribution in [0.25, 0.3) is 16.7 Å². The lowest BCUT2D eigenvalue weighted by Crippen LogP contribution is -2.18. The molecular formula is C25H20ClN9O. The molecule has 0 amide bonds.